The van der Waals surface area contributed by atoms with E-state index in [1.807, 2.05) is 19.3 Å². The van der Waals surface area contributed by atoms with Crippen molar-refractivity contribution in [2.24, 2.45) is 7.05 Å². The predicted octanol–water partition coefficient (Wildman–Crippen LogP) is 3.17. The molecular formula is C17H16N4O. The van der Waals surface area contributed by atoms with Gasteiger partial charge in [0.15, 0.2) is 0 Å². The first-order valence-electron chi connectivity index (χ1n) is 7.29. The number of fused-ring (bicyclic) bond motifs is 2. The first-order valence-corrected chi connectivity index (χ1v) is 7.29. The Morgan fingerprint density at radius 3 is 3.05 bits per heavy atom. The molecule has 0 unspecified atom stereocenters. The summed E-state index contributed by atoms with van der Waals surface area (Å²) >= 11 is 0. The second kappa shape index (κ2) is 4.87. The Bertz CT molecular complexity index is 854. The number of amides is 2. The number of urea groups is 1. The Balaban J connectivity index is 1.67. The van der Waals surface area contributed by atoms with Crippen molar-refractivity contribution in [3.05, 3.63) is 54.5 Å². The zero-order valence-electron chi connectivity index (χ0n) is 12.3. The quantitative estimate of drug-likeness (QED) is 0.749. The first-order chi connectivity index (χ1) is 10.7. The van der Waals surface area contributed by atoms with Gasteiger partial charge < -0.3 is 9.88 Å². The van der Waals surface area contributed by atoms with Crippen LogP contribution >= 0.6 is 0 Å². The van der Waals surface area contributed by atoms with Crippen molar-refractivity contribution in [3.63, 3.8) is 0 Å². The maximum atomic E-state index is 12.5. The van der Waals surface area contributed by atoms with Crippen molar-refractivity contribution >= 4 is 28.3 Å². The zero-order valence-corrected chi connectivity index (χ0v) is 12.3. The van der Waals surface area contributed by atoms with E-state index in [1.54, 1.807) is 23.4 Å². The van der Waals surface area contributed by atoms with Crippen molar-refractivity contribution in [1.29, 1.82) is 0 Å². The van der Waals surface area contributed by atoms with Gasteiger partial charge in [0.25, 0.3) is 0 Å². The van der Waals surface area contributed by atoms with Gasteiger partial charge in [-0.3, -0.25) is 9.88 Å². The van der Waals surface area contributed by atoms with Crippen LogP contribution in [0, 0.1) is 0 Å². The lowest BCUT2D eigenvalue weighted by atomic mass is 10.1. The van der Waals surface area contributed by atoms with E-state index in [4.69, 9.17) is 0 Å². The number of anilines is 2. The van der Waals surface area contributed by atoms with Gasteiger partial charge in [-0.1, -0.05) is 0 Å². The third kappa shape index (κ3) is 2.02. The molecule has 0 atom stereocenters. The summed E-state index contributed by atoms with van der Waals surface area (Å²) in [7, 11) is 2.02. The molecule has 4 rings (SSSR count). The molecule has 0 aliphatic carbocycles. The Hall–Kier alpha value is -2.82. The molecule has 5 heteroatoms. The van der Waals surface area contributed by atoms with Crippen LogP contribution in [0.4, 0.5) is 16.2 Å². The van der Waals surface area contributed by atoms with Crippen LogP contribution in [0.15, 0.2) is 48.9 Å². The van der Waals surface area contributed by atoms with Crippen molar-refractivity contribution < 1.29 is 4.79 Å². The number of carbonyl (C=O) groups is 1. The minimum atomic E-state index is -0.111. The minimum absolute atomic E-state index is 0.111. The summed E-state index contributed by atoms with van der Waals surface area (Å²) in [6, 6.07) is 9.92. The number of aromatic nitrogens is 2. The van der Waals surface area contributed by atoms with E-state index in [-0.39, 0.29) is 6.03 Å². The van der Waals surface area contributed by atoms with Crippen LogP contribution in [0.25, 0.3) is 10.9 Å². The molecule has 0 saturated heterocycles. The fourth-order valence-electron chi connectivity index (χ4n) is 3.00. The van der Waals surface area contributed by atoms with Crippen LogP contribution in [-0.4, -0.2) is 22.1 Å². The van der Waals surface area contributed by atoms with E-state index in [0.717, 1.165) is 17.6 Å². The number of aryl methyl sites for hydroxylation is 1. The van der Waals surface area contributed by atoms with Crippen LogP contribution in [0.5, 0.6) is 0 Å². The molecule has 2 amide bonds. The fraction of sp³-hybridized carbons (Fsp3) is 0.176. The third-order valence-corrected chi connectivity index (χ3v) is 4.14. The van der Waals surface area contributed by atoms with Gasteiger partial charge >= 0.3 is 6.03 Å². The number of nitrogens with zero attached hydrogens (tertiary/aromatic N) is 3. The number of nitrogens with one attached hydrogen (secondary N) is 1. The summed E-state index contributed by atoms with van der Waals surface area (Å²) < 4.78 is 2.07. The average Bonchev–Trinajstić information content (AvgIpc) is 3.10. The average molecular weight is 292 g/mol. The van der Waals surface area contributed by atoms with Gasteiger partial charge in [0.05, 0.1) is 17.6 Å². The highest BCUT2D eigenvalue weighted by Gasteiger charge is 2.25. The molecule has 1 aromatic carbocycles. The molecule has 5 nitrogen and oxygen atoms in total. The van der Waals surface area contributed by atoms with E-state index in [9.17, 15) is 4.79 Å². The number of carbonyl (C=O) groups excluding carboxylic acids is 1. The summed E-state index contributed by atoms with van der Waals surface area (Å²) in [5, 5.41) is 4.12. The first kappa shape index (κ1) is 12.9. The topological polar surface area (TPSA) is 50.2 Å². The second-order valence-corrected chi connectivity index (χ2v) is 5.54. The van der Waals surface area contributed by atoms with Crippen LogP contribution in [-0.2, 0) is 13.5 Å². The lowest BCUT2D eigenvalue weighted by Crippen LogP contribution is -2.33. The van der Waals surface area contributed by atoms with Gasteiger partial charge in [0, 0.05) is 31.5 Å². The van der Waals surface area contributed by atoms with Crippen molar-refractivity contribution in [1.82, 2.24) is 9.55 Å². The van der Waals surface area contributed by atoms with Gasteiger partial charge in [-0.25, -0.2) is 4.79 Å². The number of hydrogen-bond acceptors (Lipinski definition) is 2. The minimum Gasteiger partial charge on any atom is -0.350 e. The Morgan fingerprint density at radius 2 is 2.23 bits per heavy atom. The van der Waals surface area contributed by atoms with Crippen LogP contribution in [0.2, 0.25) is 0 Å². The summed E-state index contributed by atoms with van der Waals surface area (Å²) in [6.07, 6.45) is 6.27. The molecule has 1 aliphatic heterocycles. The van der Waals surface area contributed by atoms with Gasteiger partial charge in [0.2, 0.25) is 0 Å². The molecule has 0 radical (unpaired) electrons. The number of rotatable bonds is 1. The Morgan fingerprint density at radius 1 is 1.32 bits per heavy atom. The summed E-state index contributed by atoms with van der Waals surface area (Å²) in [5.74, 6) is 0. The van der Waals surface area contributed by atoms with E-state index >= 15 is 0 Å². The summed E-state index contributed by atoms with van der Waals surface area (Å²) in [5.41, 5.74) is 4.07. The van der Waals surface area contributed by atoms with Crippen molar-refractivity contribution in [2.45, 2.75) is 6.42 Å². The highest BCUT2D eigenvalue weighted by Crippen LogP contribution is 2.33. The lowest BCUT2D eigenvalue weighted by Gasteiger charge is -2.18. The Kier molecular flexibility index (Phi) is 2.85. The lowest BCUT2D eigenvalue weighted by molar-refractivity contribution is 0.257. The molecule has 3 heterocycles. The molecule has 1 aliphatic rings. The monoisotopic (exact) mass is 292 g/mol. The van der Waals surface area contributed by atoms with E-state index in [1.165, 1.54) is 10.9 Å². The molecular weight excluding hydrogens is 276 g/mol. The van der Waals surface area contributed by atoms with Gasteiger partial charge in [0.1, 0.15) is 0 Å². The molecule has 2 aromatic heterocycles. The fourth-order valence-corrected chi connectivity index (χ4v) is 3.00. The van der Waals surface area contributed by atoms with Gasteiger partial charge in [-0.15, -0.1) is 0 Å². The van der Waals surface area contributed by atoms with Gasteiger partial charge in [-0.05, 0) is 47.7 Å². The van der Waals surface area contributed by atoms with Crippen LogP contribution < -0.4 is 10.2 Å². The third-order valence-electron chi connectivity index (χ3n) is 4.14. The number of benzene rings is 1. The predicted molar refractivity (Wildman–Crippen MR) is 87.2 cm³/mol. The molecule has 0 spiro atoms. The zero-order chi connectivity index (χ0) is 15.1. The number of pyridine rings is 1. The smallest absolute Gasteiger partial charge is 0.326 e. The molecule has 3 aromatic rings. The highest BCUT2D eigenvalue weighted by atomic mass is 16.2. The maximum absolute atomic E-state index is 12.5. The standard InChI is InChI=1S/C17H16N4O/c1-20-7-4-12-9-13-5-8-21(16(13)10-15(12)20)17(22)19-14-3-2-6-18-11-14/h2-4,6-7,9-11H,5,8H2,1H3,(H,19,22). The second-order valence-electron chi connectivity index (χ2n) is 5.54. The van der Waals surface area contributed by atoms with Gasteiger partial charge in [-0.2, -0.15) is 0 Å². The van der Waals surface area contributed by atoms with Crippen molar-refractivity contribution in [2.75, 3.05) is 16.8 Å². The highest BCUT2D eigenvalue weighted by molar-refractivity contribution is 6.04. The number of hydrogen-bond donors (Lipinski definition) is 1. The van der Waals surface area contributed by atoms with Crippen LogP contribution in [0.1, 0.15) is 5.56 Å². The SMILES string of the molecule is Cn1ccc2cc3c(cc21)N(C(=O)Nc1cccnc1)CC3. The summed E-state index contributed by atoms with van der Waals surface area (Å²) in [4.78, 5) is 18.3. The molecule has 22 heavy (non-hydrogen) atoms. The molecule has 1 N–H and O–H groups in total. The molecule has 110 valence electrons. The van der Waals surface area contributed by atoms with E-state index in [2.05, 4.69) is 33.1 Å². The molecule has 0 saturated carbocycles. The Labute approximate surface area is 128 Å². The largest absolute Gasteiger partial charge is 0.350 e. The van der Waals surface area contributed by atoms with E-state index < -0.39 is 0 Å². The molecule has 0 fully saturated rings. The normalized spacial score (nSPS) is 13.4. The summed E-state index contributed by atoms with van der Waals surface area (Å²) in [6.45, 7) is 0.706. The molecule has 0 bridgehead atoms. The van der Waals surface area contributed by atoms with Crippen molar-refractivity contribution in [3.8, 4) is 0 Å². The van der Waals surface area contributed by atoms with E-state index in [0.29, 0.717) is 12.2 Å². The van der Waals surface area contributed by atoms with Crippen LogP contribution in [0.3, 0.4) is 0 Å². The maximum Gasteiger partial charge on any atom is 0.326 e.